The molecule has 0 atom stereocenters. The van der Waals surface area contributed by atoms with E-state index in [1.54, 1.807) is 83.1 Å². The average molecular weight is 1060 g/mol. The maximum Gasteiger partial charge on any atom is 0.374 e. The predicted octanol–water partition coefficient (Wildman–Crippen LogP) is 8.53. The molecule has 0 unspecified atom stereocenters. The van der Waals surface area contributed by atoms with Crippen LogP contribution < -0.4 is 0 Å². The van der Waals surface area contributed by atoms with Crippen LogP contribution in [-0.4, -0.2) is 110 Å². The number of hydrogen-bond acceptors (Lipinski definition) is 22. The molecule has 4 aromatic carbocycles. The van der Waals surface area contributed by atoms with Crippen molar-refractivity contribution in [2.24, 2.45) is 0 Å². The SMILES string of the molecule is COC(=O)c1cc(C(=O)c2ccc(C(=O)OC)c(C(=O)OOC(C)(C)C)c2)ccc1C(=O)OOC(C)(C)C.COC(=O)c1cc(C(=O)c2ccc(C(=O)OOC(C)(C)C)c(C(=O)OC)c2)ccc1C(=O)OOC(C)(C)C. The van der Waals surface area contributed by atoms with Crippen molar-refractivity contribution in [2.75, 3.05) is 28.4 Å². The summed E-state index contributed by atoms with van der Waals surface area (Å²) in [7, 11) is 4.47. The Kier molecular flexibility index (Phi) is 21.1. The zero-order valence-electron chi connectivity index (χ0n) is 44.9. The van der Waals surface area contributed by atoms with E-state index in [2.05, 4.69) is 0 Å². The zero-order valence-corrected chi connectivity index (χ0v) is 44.9. The molecular weight excluding hydrogens is 1000 g/mol. The Labute approximate surface area is 437 Å². The lowest BCUT2D eigenvalue weighted by Crippen LogP contribution is -2.23. The number of carbonyl (C=O) groups excluding carboxylic acids is 10. The summed E-state index contributed by atoms with van der Waals surface area (Å²) in [4.78, 5) is 165. The van der Waals surface area contributed by atoms with Crippen LogP contribution in [0.15, 0.2) is 72.8 Å². The second-order valence-corrected chi connectivity index (χ2v) is 19.9. The Balaban J connectivity index is 0.000000400. The Morgan fingerprint density at radius 2 is 0.434 bits per heavy atom. The van der Waals surface area contributed by atoms with E-state index in [0.717, 1.165) is 52.7 Å². The van der Waals surface area contributed by atoms with Crippen molar-refractivity contribution in [3.63, 3.8) is 0 Å². The summed E-state index contributed by atoms with van der Waals surface area (Å²) in [6, 6.07) is 14.6. The van der Waals surface area contributed by atoms with Gasteiger partial charge in [-0.25, -0.2) is 38.4 Å². The second kappa shape index (κ2) is 25.9. The fourth-order valence-corrected chi connectivity index (χ4v) is 5.73. The minimum atomic E-state index is -1.03. The number of esters is 4. The lowest BCUT2D eigenvalue weighted by atomic mass is 9.95. The summed E-state index contributed by atoms with van der Waals surface area (Å²) in [5.41, 5.74) is -5.04. The first kappa shape index (κ1) is 62.1. The molecule has 76 heavy (non-hydrogen) atoms. The van der Waals surface area contributed by atoms with Crippen LogP contribution in [0.5, 0.6) is 0 Å². The van der Waals surface area contributed by atoms with Crippen molar-refractivity contribution >= 4 is 59.3 Å². The molecule has 408 valence electrons. The summed E-state index contributed by atoms with van der Waals surface area (Å²) in [5.74, 6) is -8.70. The molecule has 0 heterocycles. The summed E-state index contributed by atoms with van der Waals surface area (Å²) >= 11 is 0. The Morgan fingerprint density at radius 3 is 0.632 bits per heavy atom. The highest BCUT2D eigenvalue weighted by atomic mass is 17.2. The topological polar surface area (TPSA) is 281 Å². The van der Waals surface area contributed by atoms with E-state index in [4.69, 9.17) is 58.0 Å². The standard InChI is InChI=1S/2C27H30O11/c1-26(2,3)37-35-24(31)18-12-10-15(13-19(18)23(30)34-8)21(28)16-9-11-17(22(29)33-7)20(14-16)25(32)36-38-27(4,5)6;1-26(2,3)37-35-24(31)17-11-9-15(13-19(17)22(29)33-7)21(28)16-10-12-18(20(14-16)23(30)34-8)25(32)36-38-27(4,5)6/h2*9-14H,1-8H3. The number of ether oxygens (including phenoxy) is 4. The molecule has 0 saturated carbocycles. The van der Waals surface area contributed by atoms with Crippen LogP contribution in [-0.2, 0) is 58.0 Å². The summed E-state index contributed by atoms with van der Waals surface area (Å²) in [5, 5.41) is 0. The molecule has 0 radical (unpaired) electrons. The molecule has 4 aromatic rings. The number of rotatable bonds is 16. The average Bonchev–Trinajstić information content (AvgIpc) is 3.37. The summed E-state index contributed by atoms with van der Waals surface area (Å²) < 4.78 is 18.9. The number of ketones is 2. The predicted molar refractivity (Wildman–Crippen MR) is 263 cm³/mol. The highest BCUT2D eigenvalue weighted by Gasteiger charge is 2.30. The van der Waals surface area contributed by atoms with Gasteiger partial charge in [0.1, 0.15) is 22.4 Å². The molecule has 0 aliphatic rings. The monoisotopic (exact) mass is 1060 g/mol. The van der Waals surface area contributed by atoms with Gasteiger partial charge in [-0.05, 0) is 132 Å². The Bertz CT molecular complexity index is 2790. The van der Waals surface area contributed by atoms with E-state index in [-0.39, 0.29) is 66.8 Å². The fourth-order valence-electron chi connectivity index (χ4n) is 5.73. The molecule has 4 rings (SSSR count). The van der Waals surface area contributed by atoms with Gasteiger partial charge in [-0.2, -0.15) is 19.6 Å². The maximum atomic E-state index is 13.3. The van der Waals surface area contributed by atoms with Crippen LogP contribution in [0.1, 0.15) is 198 Å². The van der Waals surface area contributed by atoms with Crippen molar-refractivity contribution in [1.29, 1.82) is 0 Å². The lowest BCUT2D eigenvalue weighted by Gasteiger charge is -2.17. The minimum absolute atomic E-state index is 0.0131. The molecular formula is C54H60O22. The van der Waals surface area contributed by atoms with Gasteiger partial charge in [0.25, 0.3) is 0 Å². The molecule has 22 nitrogen and oxygen atoms in total. The van der Waals surface area contributed by atoms with Crippen molar-refractivity contribution < 1.29 is 106 Å². The molecule has 0 saturated heterocycles. The first-order chi connectivity index (χ1) is 35.1. The van der Waals surface area contributed by atoms with Gasteiger partial charge in [0.2, 0.25) is 0 Å². The molecule has 0 amide bonds. The van der Waals surface area contributed by atoms with Crippen molar-refractivity contribution in [3.8, 4) is 0 Å². The Hall–Kier alpha value is -8.18. The summed E-state index contributed by atoms with van der Waals surface area (Å²) in [6.45, 7) is 19.9. The van der Waals surface area contributed by atoms with Crippen molar-refractivity contribution in [1.82, 2.24) is 0 Å². The van der Waals surface area contributed by atoms with Crippen LogP contribution in [0.4, 0.5) is 0 Å². The number of benzene rings is 4. The third kappa shape index (κ3) is 18.0. The molecule has 0 aliphatic carbocycles. The molecule has 0 aromatic heterocycles. The summed E-state index contributed by atoms with van der Waals surface area (Å²) in [6.07, 6.45) is 0. The highest BCUT2D eigenvalue weighted by Crippen LogP contribution is 2.25. The molecule has 0 bridgehead atoms. The van der Waals surface area contributed by atoms with E-state index in [1.165, 1.54) is 48.5 Å². The van der Waals surface area contributed by atoms with Crippen LogP contribution >= 0.6 is 0 Å². The van der Waals surface area contributed by atoms with Gasteiger partial charge in [-0.15, -0.1) is 0 Å². The van der Waals surface area contributed by atoms with E-state index in [9.17, 15) is 47.9 Å². The fraction of sp³-hybridized carbons (Fsp3) is 0.370. The lowest BCUT2D eigenvalue weighted by molar-refractivity contribution is -0.301. The second-order valence-electron chi connectivity index (χ2n) is 19.9. The maximum absolute atomic E-state index is 13.3. The van der Waals surface area contributed by atoms with Crippen LogP contribution in [0, 0.1) is 0 Å². The van der Waals surface area contributed by atoms with Gasteiger partial charge < -0.3 is 18.9 Å². The quantitative estimate of drug-likeness (QED) is 0.0334. The number of hydrogen-bond donors (Lipinski definition) is 0. The first-order valence-corrected chi connectivity index (χ1v) is 22.7. The normalized spacial score (nSPS) is 11.4. The third-order valence-electron chi connectivity index (χ3n) is 9.10. The van der Waals surface area contributed by atoms with Gasteiger partial charge in [-0.3, -0.25) is 29.1 Å². The third-order valence-corrected chi connectivity index (χ3v) is 9.10. The van der Waals surface area contributed by atoms with E-state index < -0.39 is 81.7 Å². The van der Waals surface area contributed by atoms with Crippen LogP contribution in [0.2, 0.25) is 0 Å². The first-order valence-electron chi connectivity index (χ1n) is 22.7. The molecule has 0 aliphatic heterocycles. The van der Waals surface area contributed by atoms with Gasteiger partial charge in [0.15, 0.2) is 11.6 Å². The highest BCUT2D eigenvalue weighted by molar-refractivity contribution is 6.15. The van der Waals surface area contributed by atoms with Gasteiger partial charge in [0.05, 0.1) is 72.9 Å². The Morgan fingerprint density at radius 1 is 0.263 bits per heavy atom. The van der Waals surface area contributed by atoms with E-state index >= 15 is 0 Å². The van der Waals surface area contributed by atoms with E-state index in [0.29, 0.717) is 0 Å². The van der Waals surface area contributed by atoms with E-state index in [1.807, 2.05) is 0 Å². The van der Waals surface area contributed by atoms with Crippen molar-refractivity contribution in [2.45, 2.75) is 105 Å². The van der Waals surface area contributed by atoms with Gasteiger partial charge in [-0.1, -0.05) is 24.3 Å². The smallest absolute Gasteiger partial charge is 0.374 e. The van der Waals surface area contributed by atoms with Crippen LogP contribution in [0.25, 0.3) is 0 Å². The van der Waals surface area contributed by atoms with Gasteiger partial charge >= 0.3 is 47.8 Å². The number of methoxy groups -OCH3 is 4. The molecule has 0 N–H and O–H groups in total. The van der Waals surface area contributed by atoms with Crippen molar-refractivity contribution in [3.05, 3.63) is 140 Å². The minimum Gasteiger partial charge on any atom is -0.465 e. The molecule has 0 fully saturated rings. The number of carbonyl (C=O) groups is 10. The largest absolute Gasteiger partial charge is 0.465 e. The zero-order chi connectivity index (χ0) is 57.7. The molecule has 22 heteroatoms. The molecule has 0 spiro atoms. The van der Waals surface area contributed by atoms with Crippen LogP contribution in [0.3, 0.4) is 0 Å². The van der Waals surface area contributed by atoms with Gasteiger partial charge in [0, 0.05) is 22.3 Å².